The molecule has 128 valence electrons. The summed E-state index contributed by atoms with van der Waals surface area (Å²) in [6.45, 7) is 1.61. The van der Waals surface area contributed by atoms with E-state index in [1.54, 1.807) is 11.3 Å². The molecule has 24 heavy (non-hydrogen) atoms. The van der Waals surface area contributed by atoms with E-state index in [2.05, 4.69) is 33.7 Å². The predicted octanol–water partition coefficient (Wildman–Crippen LogP) is 2.99. The van der Waals surface area contributed by atoms with Gasteiger partial charge in [-0.2, -0.15) is 0 Å². The zero-order valence-corrected chi connectivity index (χ0v) is 14.8. The van der Waals surface area contributed by atoms with E-state index in [4.69, 9.17) is 5.73 Å². The lowest BCUT2D eigenvalue weighted by Crippen LogP contribution is -2.48. The van der Waals surface area contributed by atoms with Crippen molar-refractivity contribution in [2.45, 2.75) is 44.3 Å². The molecular weight excluding hydrogens is 320 g/mol. The Morgan fingerprint density at radius 3 is 2.88 bits per heavy atom. The molecule has 0 saturated heterocycles. The van der Waals surface area contributed by atoms with Crippen LogP contribution in [0.4, 0.5) is 5.69 Å². The van der Waals surface area contributed by atoms with Crippen LogP contribution in [0.15, 0.2) is 35.2 Å². The number of nitrogens with two attached hydrogens (primary N) is 1. The number of rotatable bonds is 6. The zero-order chi connectivity index (χ0) is 17.0. The van der Waals surface area contributed by atoms with Gasteiger partial charge in [0.15, 0.2) is 0 Å². The van der Waals surface area contributed by atoms with Crippen LogP contribution < -0.4 is 11.1 Å². The average Bonchev–Trinajstić information content (AvgIpc) is 3.20. The lowest BCUT2D eigenvalue weighted by atomic mass is 9.98. The minimum absolute atomic E-state index is 0.0621. The Labute approximate surface area is 146 Å². The molecule has 0 spiro atoms. The van der Waals surface area contributed by atoms with Crippen LogP contribution in [0, 0.1) is 0 Å². The second-order valence-corrected chi connectivity index (χ2v) is 7.39. The monoisotopic (exact) mass is 344 g/mol. The van der Waals surface area contributed by atoms with Crippen molar-refractivity contribution >= 4 is 22.9 Å². The Morgan fingerprint density at radius 2 is 2.17 bits per heavy atom. The Bertz CT molecular complexity index is 680. The molecule has 1 aliphatic rings. The maximum Gasteiger partial charge on any atom is 0.244 e. The second-order valence-electron chi connectivity index (χ2n) is 6.67. The van der Waals surface area contributed by atoms with E-state index >= 15 is 0 Å². The van der Waals surface area contributed by atoms with E-state index in [0.29, 0.717) is 0 Å². The number of anilines is 1. The van der Waals surface area contributed by atoms with Crippen LogP contribution in [0.25, 0.3) is 0 Å². The molecule has 6 heteroatoms. The summed E-state index contributed by atoms with van der Waals surface area (Å²) in [6, 6.07) is 7.98. The van der Waals surface area contributed by atoms with Crippen molar-refractivity contribution in [3.8, 4) is 0 Å². The predicted molar refractivity (Wildman–Crippen MR) is 97.7 cm³/mol. The highest BCUT2D eigenvalue weighted by Crippen LogP contribution is 2.28. The number of hydrogen-bond acceptors (Lipinski definition) is 5. The minimum atomic E-state index is -0.697. The van der Waals surface area contributed by atoms with E-state index in [-0.39, 0.29) is 5.91 Å². The fourth-order valence-electron chi connectivity index (χ4n) is 3.20. The van der Waals surface area contributed by atoms with Gasteiger partial charge in [0.25, 0.3) is 0 Å². The van der Waals surface area contributed by atoms with Crippen LogP contribution >= 0.6 is 11.3 Å². The van der Waals surface area contributed by atoms with Crippen molar-refractivity contribution in [1.29, 1.82) is 0 Å². The van der Waals surface area contributed by atoms with Gasteiger partial charge >= 0.3 is 0 Å². The molecule has 3 rings (SSSR count). The molecule has 1 aromatic heterocycles. The number of thiazole rings is 1. The zero-order valence-electron chi connectivity index (χ0n) is 14.0. The molecule has 0 bridgehead atoms. The Balaban J connectivity index is 1.60. The summed E-state index contributed by atoms with van der Waals surface area (Å²) >= 11 is 1.61. The van der Waals surface area contributed by atoms with Gasteiger partial charge in [0.1, 0.15) is 0 Å². The maximum absolute atomic E-state index is 12.4. The standard InChI is InChI=1S/C18H24N4OS/c1-22(11-16-12-24-13-20-16)10-14-5-4-6-15(9-14)21-17(23)18(19)7-2-3-8-18/h4-6,9,12-13H,2-3,7-8,10-11,19H2,1H3,(H,21,23). The van der Waals surface area contributed by atoms with Gasteiger partial charge in [-0.05, 0) is 37.6 Å². The van der Waals surface area contributed by atoms with Crippen molar-refractivity contribution in [1.82, 2.24) is 9.88 Å². The van der Waals surface area contributed by atoms with Crippen LogP contribution in [-0.2, 0) is 17.9 Å². The summed E-state index contributed by atoms with van der Waals surface area (Å²) in [5, 5.41) is 5.06. The quantitative estimate of drug-likeness (QED) is 0.845. The highest BCUT2D eigenvalue weighted by Gasteiger charge is 2.36. The van der Waals surface area contributed by atoms with Crippen molar-refractivity contribution in [2.24, 2.45) is 5.73 Å². The molecule has 0 radical (unpaired) electrons. The van der Waals surface area contributed by atoms with Gasteiger partial charge in [-0.25, -0.2) is 4.98 Å². The summed E-state index contributed by atoms with van der Waals surface area (Å²) in [4.78, 5) is 18.9. The van der Waals surface area contributed by atoms with Crippen molar-refractivity contribution in [2.75, 3.05) is 12.4 Å². The second kappa shape index (κ2) is 7.42. The normalized spacial score (nSPS) is 16.5. The highest BCUT2D eigenvalue weighted by molar-refractivity contribution is 7.07. The maximum atomic E-state index is 12.4. The summed E-state index contributed by atoms with van der Waals surface area (Å²) < 4.78 is 0. The summed E-state index contributed by atoms with van der Waals surface area (Å²) in [6.07, 6.45) is 3.61. The number of nitrogens with one attached hydrogen (secondary N) is 1. The number of carbonyl (C=O) groups is 1. The third kappa shape index (κ3) is 4.20. The molecule has 1 fully saturated rings. The molecule has 1 aliphatic carbocycles. The van der Waals surface area contributed by atoms with Crippen LogP contribution in [0.2, 0.25) is 0 Å². The third-order valence-corrected chi connectivity index (χ3v) is 5.14. The first-order valence-electron chi connectivity index (χ1n) is 8.30. The molecule has 0 atom stereocenters. The molecule has 0 aliphatic heterocycles. The number of amides is 1. The molecule has 1 saturated carbocycles. The Kier molecular flexibility index (Phi) is 5.28. The van der Waals surface area contributed by atoms with Gasteiger partial charge in [-0.3, -0.25) is 9.69 Å². The number of carbonyl (C=O) groups excluding carboxylic acids is 1. The smallest absolute Gasteiger partial charge is 0.244 e. The molecule has 1 heterocycles. The largest absolute Gasteiger partial charge is 0.324 e. The van der Waals surface area contributed by atoms with Crippen molar-refractivity contribution in [3.63, 3.8) is 0 Å². The summed E-state index contributed by atoms with van der Waals surface area (Å²) in [5.74, 6) is -0.0621. The van der Waals surface area contributed by atoms with Crippen molar-refractivity contribution < 1.29 is 4.79 Å². The van der Waals surface area contributed by atoms with Gasteiger partial charge in [0.2, 0.25) is 5.91 Å². The van der Waals surface area contributed by atoms with E-state index in [1.807, 2.05) is 23.7 Å². The molecule has 1 aromatic carbocycles. The Morgan fingerprint density at radius 1 is 1.38 bits per heavy atom. The van der Waals surface area contributed by atoms with Gasteiger partial charge in [-0.1, -0.05) is 25.0 Å². The first-order valence-corrected chi connectivity index (χ1v) is 9.24. The third-order valence-electron chi connectivity index (χ3n) is 4.50. The summed E-state index contributed by atoms with van der Waals surface area (Å²) in [7, 11) is 2.07. The van der Waals surface area contributed by atoms with E-state index in [1.165, 1.54) is 0 Å². The number of hydrogen-bond donors (Lipinski definition) is 2. The SMILES string of the molecule is CN(Cc1cccc(NC(=O)C2(N)CCCC2)c1)Cc1cscn1. The average molecular weight is 344 g/mol. The van der Waals surface area contributed by atoms with Crippen LogP contribution in [0.3, 0.4) is 0 Å². The van der Waals surface area contributed by atoms with E-state index in [0.717, 1.165) is 55.7 Å². The molecule has 1 amide bonds. The van der Waals surface area contributed by atoms with Gasteiger partial charge in [0, 0.05) is 24.2 Å². The van der Waals surface area contributed by atoms with Gasteiger partial charge in [0.05, 0.1) is 16.7 Å². The first kappa shape index (κ1) is 17.1. The highest BCUT2D eigenvalue weighted by atomic mass is 32.1. The number of benzene rings is 1. The van der Waals surface area contributed by atoms with Crippen molar-refractivity contribution in [3.05, 3.63) is 46.4 Å². The van der Waals surface area contributed by atoms with Crippen LogP contribution in [-0.4, -0.2) is 28.4 Å². The number of nitrogens with zero attached hydrogens (tertiary/aromatic N) is 2. The van der Waals surface area contributed by atoms with Gasteiger partial charge < -0.3 is 11.1 Å². The Hall–Kier alpha value is -1.76. The first-order chi connectivity index (χ1) is 11.5. The minimum Gasteiger partial charge on any atom is -0.324 e. The molecule has 3 N–H and O–H groups in total. The molecule has 2 aromatic rings. The van der Waals surface area contributed by atoms with Crippen LogP contribution in [0.5, 0.6) is 0 Å². The molecule has 5 nitrogen and oxygen atoms in total. The van der Waals surface area contributed by atoms with Gasteiger partial charge in [-0.15, -0.1) is 11.3 Å². The molecule has 0 unspecified atom stereocenters. The fraction of sp³-hybridized carbons (Fsp3) is 0.444. The lowest BCUT2D eigenvalue weighted by molar-refractivity contribution is -0.121. The number of aromatic nitrogens is 1. The topological polar surface area (TPSA) is 71.2 Å². The van der Waals surface area contributed by atoms with E-state index < -0.39 is 5.54 Å². The van der Waals surface area contributed by atoms with E-state index in [9.17, 15) is 4.79 Å². The molecular formula is C18H24N4OS. The fourth-order valence-corrected chi connectivity index (χ4v) is 3.75. The summed E-state index contributed by atoms with van der Waals surface area (Å²) in [5.41, 5.74) is 10.4. The lowest BCUT2D eigenvalue weighted by Gasteiger charge is -2.22. The van der Waals surface area contributed by atoms with Crippen LogP contribution in [0.1, 0.15) is 36.9 Å².